The fourth-order valence-electron chi connectivity index (χ4n) is 2.54. The van der Waals surface area contributed by atoms with Crippen molar-refractivity contribution in [1.82, 2.24) is 9.97 Å². The summed E-state index contributed by atoms with van der Waals surface area (Å²) >= 11 is 0. The van der Waals surface area contributed by atoms with Crippen molar-refractivity contribution in [1.29, 1.82) is 0 Å². The summed E-state index contributed by atoms with van der Waals surface area (Å²) < 4.78 is 40.3. The number of nitrogens with one attached hydrogen (secondary N) is 1. The molecule has 0 spiro atoms. The number of hydrogen-bond acceptors (Lipinski definition) is 6. The number of nitrogen functional groups attached to an aromatic ring is 1. The number of rotatable bonds is 4. The maximum Gasteiger partial charge on any atom is 0.573 e. The fraction of sp³-hybridized carbons (Fsp3) is 0.333. The minimum absolute atomic E-state index is 0.290. The smallest absolute Gasteiger partial charge is 0.406 e. The monoisotopic (exact) mass is 339 g/mol. The van der Waals surface area contributed by atoms with E-state index in [0.29, 0.717) is 23.0 Å². The van der Waals surface area contributed by atoms with Crippen molar-refractivity contribution in [2.45, 2.75) is 19.2 Å². The first-order valence-corrected chi connectivity index (χ1v) is 7.40. The van der Waals surface area contributed by atoms with Crippen LogP contribution in [0.4, 0.5) is 36.2 Å². The van der Waals surface area contributed by atoms with Crippen molar-refractivity contribution in [2.24, 2.45) is 0 Å². The van der Waals surface area contributed by atoms with E-state index in [1.165, 1.54) is 30.6 Å². The Morgan fingerprint density at radius 3 is 2.38 bits per heavy atom. The molecule has 1 aliphatic heterocycles. The van der Waals surface area contributed by atoms with E-state index >= 15 is 0 Å². The predicted molar refractivity (Wildman–Crippen MR) is 84.3 cm³/mol. The third kappa shape index (κ3) is 3.79. The van der Waals surface area contributed by atoms with Gasteiger partial charge in [0.05, 0.1) is 0 Å². The van der Waals surface area contributed by atoms with Gasteiger partial charge in [0.2, 0.25) is 0 Å². The van der Waals surface area contributed by atoms with Crippen LogP contribution in [0.15, 0.2) is 30.6 Å². The highest BCUT2D eigenvalue weighted by Gasteiger charge is 2.31. The van der Waals surface area contributed by atoms with Crippen molar-refractivity contribution < 1.29 is 17.9 Å². The number of benzene rings is 1. The van der Waals surface area contributed by atoms with Gasteiger partial charge in [0.25, 0.3) is 0 Å². The van der Waals surface area contributed by atoms with Crippen LogP contribution in [0.3, 0.4) is 0 Å². The largest absolute Gasteiger partial charge is 0.573 e. The van der Waals surface area contributed by atoms with Gasteiger partial charge < -0.3 is 20.7 Å². The number of ether oxygens (including phenoxy) is 1. The quantitative estimate of drug-likeness (QED) is 0.890. The molecule has 1 fully saturated rings. The molecule has 0 aliphatic carbocycles. The molecule has 2 heterocycles. The summed E-state index contributed by atoms with van der Waals surface area (Å²) in [6, 6.07) is 5.35. The first-order valence-electron chi connectivity index (χ1n) is 7.40. The van der Waals surface area contributed by atoms with E-state index in [2.05, 4.69) is 24.9 Å². The van der Waals surface area contributed by atoms with E-state index in [4.69, 9.17) is 5.73 Å². The molecule has 1 aromatic carbocycles. The third-order valence-corrected chi connectivity index (χ3v) is 3.62. The molecular formula is C15H16F3N5O. The Kier molecular flexibility index (Phi) is 4.32. The summed E-state index contributed by atoms with van der Waals surface area (Å²) in [5, 5.41) is 2.99. The van der Waals surface area contributed by atoms with Crippen LogP contribution < -0.4 is 20.7 Å². The van der Waals surface area contributed by atoms with Gasteiger partial charge in [-0.1, -0.05) is 0 Å². The van der Waals surface area contributed by atoms with Gasteiger partial charge in [0.1, 0.15) is 17.8 Å². The van der Waals surface area contributed by atoms with Gasteiger partial charge in [-0.3, -0.25) is 0 Å². The SMILES string of the molecule is Nc1c(Nc2ccc(OC(F)(F)F)cc2)ncnc1N1CCCC1. The molecule has 24 heavy (non-hydrogen) atoms. The standard InChI is InChI=1S/C15H16F3N5O/c16-15(17,18)24-11-5-3-10(4-6-11)22-13-12(19)14(21-9-20-13)23-7-1-2-8-23/h3-6,9H,1-2,7-8,19H2,(H,20,21,22). The summed E-state index contributed by atoms with van der Waals surface area (Å²) in [4.78, 5) is 10.4. The molecule has 1 aromatic heterocycles. The molecule has 0 unspecified atom stereocenters. The number of halogens is 3. The van der Waals surface area contributed by atoms with Crippen molar-refractivity contribution in [3.05, 3.63) is 30.6 Å². The van der Waals surface area contributed by atoms with Gasteiger partial charge in [0.15, 0.2) is 11.6 Å². The van der Waals surface area contributed by atoms with Gasteiger partial charge in [-0.05, 0) is 37.1 Å². The summed E-state index contributed by atoms with van der Waals surface area (Å²) in [6.45, 7) is 1.79. The number of nitrogens with two attached hydrogens (primary N) is 1. The molecule has 128 valence electrons. The number of alkyl halides is 3. The molecule has 0 saturated carbocycles. The van der Waals surface area contributed by atoms with E-state index in [1.807, 2.05) is 0 Å². The van der Waals surface area contributed by atoms with E-state index in [9.17, 15) is 13.2 Å². The Hall–Kier alpha value is -2.71. The highest BCUT2D eigenvalue weighted by molar-refractivity contribution is 5.78. The van der Waals surface area contributed by atoms with Gasteiger partial charge >= 0.3 is 6.36 Å². The maximum atomic E-state index is 12.2. The first kappa shape index (κ1) is 16.2. The van der Waals surface area contributed by atoms with Crippen LogP contribution in [0, 0.1) is 0 Å². The number of nitrogens with zero attached hydrogens (tertiary/aromatic N) is 3. The predicted octanol–water partition coefficient (Wildman–Crippen LogP) is 3.30. The number of hydrogen-bond donors (Lipinski definition) is 2. The zero-order valence-electron chi connectivity index (χ0n) is 12.7. The second-order valence-corrected chi connectivity index (χ2v) is 5.35. The van der Waals surface area contributed by atoms with Gasteiger partial charge in [-0.25, -0.2) is 9.97 Å². The zero-order chi connectivity index (χ0) is 17.2. The minimum atomic E-state index is -4.71. The van der Waals surface area contributed by atoms with Gasteiger partial charge in [-0.15, -0.1) is 13.2 Å². The second-order valence-electron chi connectivity index (χ2n) is 5.35. The van der Waals surface area contributed by atoms with Crippen molar-refractivity contribution in [3.8, 4) is 5.75 Å². The van der Waals surface area contributed by atoms with Crippen LogP contribution in [0.2, 0.25) is 0 Å². The molecule has 9 heteroatoms. The first-order chi connectivity index (χ1) is 11.4. The fourth-order valence-corrected chi connectivity index (χ4v) is 2.54. The maximum absolute atomic E-state index is 12.2. The van der Waals surface area contributed by atoms with Crippen LogP contribution in [-0.4, -0.2) is 29.4 Å². The molecule has 1 aliphatic rings. The molecule has 2 aromatic rings. The van der Waals surface area contributed by atoms with Crippen molar-refractivity contribution in [3.63, 3.8) is 0 Å². The molecule has 3 rings (SSSR count). The van der Waals surface area contributed by atoms with Crippen LogP contribution in [-0.2, 0) is 0 Å². The highest BCUT2D eigenvalue weighted by Crippen LogP contribution is 2.31. The molecular weight excluding hydrogens is 323 g/mol. The summed E-state index contributed by atoms with van der Waals surface area (Å²) in [5.41, 5.74) is 7.08. The van der Waals surface area contributed by atoms with Crippen molar-refractivity contribution in [2.75, 3.05) is 29.0 Å². The number of anilines is 4. The summed E-state index contributed by atoms with van der Waals surface area (Å²) in [6.07, 6.45) is -1.12. The Morgan fingerprint density at radius 1 is 1.08 bits per heavy atom. The van der Waals surface area contributed by atoms with Gasteiger partial charge in [-0.2, -0.15) is 0 Å². The highest BCUT2D eigenvalue weighted by atomic mass is 19.4. The molecule has 6 nitrogen and oxygen atoms in total. The van der Waals surface area contributed by atoms with Gasteiger partial charge in [0, 0.05) is 18.8 Å². The van der Waals surface area contributed by atoms with E-state index < -0.39 is 6.36 Å². The van der Waals surface area contributed by atoms with E-state index in [-0.39, 0.29) is 5.75 Å². The second kappa shape index (κ2) is 6.42. The third-order valence-electron chi connectivity index (χ3n) is 3.62. The van der Waals surface area contributed by atoms with Crippen molar-refractivity contribution >= 4 is 23.0 Å². The van der Waals surface area contributed by atoms with E-state index in [0.717, 1.165) is 25.9 Å². The average Bonchev–Trinajstić information content (AvgIpc) is 3.04. The Bertz CT molecular complexity index is 699. The molecule has 0 bridgehead atoms. The lowest BCUT2D eigenvalue weighted by Crippen LogP contribution is -2.21. The topological polar surface area (TPSA) is 76.3 Å². The van der Waals surface area contributed by atoms with Crippen LogP contribution in [0.25, 0.3) is 0 Å². The average molecular weight is 339 g/mol. The Balaban J connectivity index is 1.75. The van der Waals surface area contributed by atoms with Crippen LogP contribution >= 0.6 is 0 Å². The van der Waals surface area contributed by atoms with Crippen LogP contribution in [0.1, 0.15) is 12.8 Å². The van der Waals surface area contributed by atoms with E-state index in [1.54, 1.807) is 0 Å². The Morgan fingerprint density at radius 2 is 1.75 bits per heavy atom. The molecule has 0 radical (unpaired) electrons. The lowest BCUT2D eigenvalue weighted by Gasteiger charge is -2.19. The molecule has 0 atom stereocenters. The minimum Gasteiger partial charge on any atom is -0.406 e. The van der Waals surface area contributed by atoms with Crippen LogP contribution in [0.5, 0.6) is 5.75 Å². The number of aromatic nitrogens is 2. The molecule has 3 N–H and O–H groups in total. The lowest BCUT2D eigenvalue weighted by molar-refractivity contribution is -0.274. The Labute approximate surface area is 136 Å². The summed E-state index contributed by atoms with van der Waals surface area (Å²) in [7, 11) is 0. The normalized spacial score (nSPS) is 14.7. The molecule has 0 amide bonds. The lowest BCUT2D eigenvalue weighted by atomic mass is 10.3. The summed E-state index contributed by atoms with van der Waals surface area (Å²) in [5.74, 6) is 0.792. The molecule has 1 saturated heterocycles. The zero-order valence-corrected chi connectivity index (χ0v) is 12.7.